The first-order valence-corrected chi connectivity index (χ1v) is 6.07. The van der Waals surface area contributed by atoms with Crippen molar-refractivity contribution in [3.8, 4) is 0 Å². The second-order valence-corrected chi connectivity index (χ2v) is 4.55. The minimum atomic E-state index is -1.02. The molecule has 3 aromatic carbocycles. The average molecular weight is 251 g/mol. The van der Waals surface area contributed by atoms with Crippen molar-refractivity contribution in [2.24, 2.45) is 5.73 Å². The summed E-state index contributed by atoms with van der Waals surface area (Å²) in [7, 11) is 0. The second kappa shape index (κ2) is 4.37. The van der Waals surface area contributed by atoms with Gasteiger partial charge in [0.25, 0.3) is 0 Å². The maximum atomic E-state index is 11.3. The van der Waals surface area contributed by atoms with E-state index in [-0.39, 0.29) is 0 Å². The van der Waals surface area contributed by atoms with Crippen LogP contribution in [0.3, 0.4) is 0 Å². The Morgan fingerprint density at radius 1 is 0.947 bits per heavy atom. The fraction of sp³-hybridized carbons (Fsp3) is 0.0625. The zero-order chi connectivity index (χ0) is 13.4. The van der Waals surface area contributed by atoms with Crippen LogP contribution in [0.1, 0.15) is 11.6 Å². The standard InChI is InChI=1S/C16H13NO2/c17-15(16(18)19)14-12-7-3-1-5-10(12)9-11-6-2-4-8-13(11)14/h1-9,15H,17H2,(H,18,19)/t15-/m1/s1. The minimum Gasteiger partial charge on any atom is -0.480 e. The highest BCUT2D eigenvalue weighted by molar-refractivity contribution is 6.05. The van der Waals surface area contributed by atoms with Gasteiger partial charge in [-0.2, -0.15) is 0 Å². The van der Waals surface area contributed by atoms with Crippen LogP contribution in [0, 0.1) is 0 Å². The fourth-order valence-corrected chi connectivity index (χ4v) is 2.51. The Labute approximate surface area is 110 Å². The van der Waals surface area contributed by atoms with Crippen LogP contribution in [0.2, 0.25) is 0 Å². The van der Waals surface area contributed by atoms with E-state index >= 15 is 0 Å². The summed E-state index contributed by atoms with van der Waals surface area (Å²) < 4.78 is 0. The van der Waals surface area contributed by atoms with E-state index in [1.807, 2.05) is 48.5 Å². The lowest BCUT2D eigenvalue weighted by Crippen LogP contribution is -2.21. The van der Waals surface area contributed by atoms with Crippen LogP contribution >= 0.6 is 0 Å². The van der Waals surface area contributed by atoms with Crippen molar-refractivity contribution in [2.75, 3.05) is 0 Å². The molecule has 0 spiro atoms. The van der Waals surface area contributed by atoms with Gasteiger partial charge in [-0.15, -0.1) is 0 Å². The zero-order valence-electron chi connectivity index (χ0n) is 10.2. The summed E-state index contributed by atoms with van der Waals surface area (Å²) in [5.74, 6) is -1.01. The molecule has 0 radical (unpaired) electrons. The van der Waals surface area contributed by atoms with Gasteiger partial charge in [-0.3, -0.25) is 4.79 Å². The van der Waals surface area contributed by atoms with Crippen molar-refractivity contribution < 1.29 is 9.90 Å². The highest BCUT2D eigenvalue weighted by Crippen LogP contribution is 2.31. The van der Waals surface area contributed by atoms with Crippen LogP contribution in [-0.4, -0.2) is 11.1 Å². The van der Waals surface area contributed by atoms with Crippen LogP contribution in [-0.2, 0) is 4.79 Å². The Morgan fingerprint density at radius 2 is 1.42 bits per heavy atom. The quantitative estimate of drug-likeness (QED) is 0.688. The lowest BCUT2D eigenvalue weighted by Gasteiger charge is -2.14. The van der Waals surface area contributed by atoms with Crippen molar-refractivity contribution in [2.45, 2.75) is 6.04 Å². The van der Waals surface area contributed by atoms with Crippen LogP contribution in [0.15, 0.2) is 54.6 Å². The predicted molar refractivity (Wildman–Crippen MR) is 76.0 cm³/mol. The summed E-state index contributed by atoms with van der Waals surface area (Å²) in [6.45, 7) is 0. The van der Waals surface area contributed by atoms with Crippen molar-refractivity contribution in [3.05, 3.63) is 60.2 Å². The summed E-state index contributed by atoms with van der Waals surface area (Å²) in [5, 5.41) is 13.0. The molecule has 0 aliphatic carbocycles. The Hall–Kier alpha value is -2.39. The van der Waals surface area contributed by atoms with Crippen molar-refractivity contribution in [1.29, 1.82) is 0 Å². The maximum absolute atomic E-state index is 11.3. The molecule has 0 saturated heterocycles. The molecule has 0 aliphatic heterocycles. The molecule has 3 N–H and O–H groups in total. The van der Waals surface area contributed by atoms with Gasteiger partial charge in [0, 0.05) is 0 Å². The van der Waals surface area contributed by atoms with Crippen molar-refractivity contribution >= 4 is 27.5 Å². The van der Waals surface area contributed by atoms with E-state index in [4.69, 9.17) is 5.73 Å². The lowest BCUT2D eigenvalue weighted by molar-refractivity contribution is -0.138. The maximum Gasteiger partial charge on any atom is 0.325 e. The molecular weight excluding hydrogens is 238 g/mol. The second-order valence-electron chi connectivity index (χ2n) is 4.55. The zero-order valence-corrected chi connectivity index (χ0v) is 10.2. The van der Waals surface area contributed by atoms with E-state index in [9.17, 15) is 9.90 Å². The average Bonchev–Trinajstić information content (AvgIpc) is 2.43. The summed E-state index contributed by atoms with van der Waals surface area (Å²) in [6, 6.07) is 16.5. The molecule has 3 aromatic rings. The molecule has 0 heterocycles. The molecule has 0 fully saturated rings. The molecule has 94 valence electrons. The Kier molecular flexibility index (Phi) is 2.69. The minimum absolute atomic E-state index is 0.682. The molecule has 0 aromatic heterocycles. The molecule has 0 aliphatic rings. The van der Waals surface area contributed by atoms with Crippen LogP contribution in [0.25, 0.3) is 21.5 Å². The first-order chi connectivity index (χ1) is 9.18. The largest absolute Gasteiger partial charge is 0.480 e. The van der Waals surface area contributed by atoms with Gasteiger partial charge in [-0.25, -0.2) is 0 Å². The summed E-state index contributed by atoms with van der Waals surface area (Å²) in [5.41, 5.74) is 6.55. The number of nitrogens with two attached hydrogens (primary N) is 1. The Morgan fingerprint density at radius 3 is 1.89 bits per heavy atom. The molecule has 3 rings (SSSR count). The van der Waals surface area contributed by atoms with Crippen LogP contribution in [0.5, 0.6) is 0 Å². The number of hydrogen-bond donors (Lipinski definition) is 2. The monoisotopic (exact) mass is 251 g/mol. The molecular formula is C16H13NO2. The van der Waals surface area contributed by atoms with Crippen molar-refractivity contribution in [3.63, 3.8) is 0 Å². The first-order valence-electron chi connectivity index (χ1n) is 6.07. The lowest BCUT2D eigenvalue weighted by atomic mass is 9.92. The van der Waals surface area contributed by atoms with Gasteiger partial charge < -0.3 is 10.8 Å². The van der Waals surface area contributed by atoms with Gasteiger partial charge in [0.05, 0.1) is 0 Å². The van der Waals surface area contributed by atoms with Crippen LogP contribution in [0.4, 0.5) is 0 Å². The van der Waals surface area contributed by atoms with Gasteiger partial charge >= 0.3 is 5.97 Å². The number of hydrogen-bond acceptors (Lipinski definition) is 2. The van der Waals surface area contributed by atoms with E-state index in [0.29, 0.717) is 5.56 Å². The number of benzene rings is 3. The third kappa shape index (κ3) is 1.84. The Balaban J connectivity index is 2.49. The van der Waals surface area contributed by atoms with E-state index in [1.54, 1.807) is 0 Å². The smallest absolute Gasteiger partial charge is 0.325 e. The van der Waals surface area contributed by atoms with Crippen LogP contribution < -0.4 is 5.73 Å². The highest BCUT2D eigenvalue weighted by atomic mass is 16.4. The van der Waals surface area contributed by atoms with Gasteiger partial charge in [0.1, 0.15) is 6.04 Å². The summed E-state index contributed by atoms with van der Waals surface area (Å²) in [6.07, 6.45) is 0. The number of rotatable bonds is 2. The van der Waals surface area contributed by atoms with E-state index in [1.165, 1.54) is 0 Å². The normalized spacial score (nSPS) is 12.7. The van der Waals surface area contributed by atoms with Gasteiger partial charge in [-0.05, 0) is 33.2 Å². The van der Waals surface area contributed by atoms with E-state index in [0.717, 1.165) is 21.5 Å². The molecule has 0 unspecified atom stereocenters. The molecule has 3 heteroatoms. The van der Waals surface area contributed by atoms with E-state index in [2.05, 4.69) is 6.07 Å². The number of carboxylic acids is 1. The number of carboxylic acid groups (broad SMARTS) is 1. The molecule has 19 heavy (non-hydrogen) atoms. The van der Waals surface area contributed by atoms with Gasteiger partial charge in [0.15, 0.2) is 0 Å². The van der Waals surface area contributed by atoms with Gasteiger partial charge in [-0.1, -0.05) is 48.5 Å². The predicted octanol–water partition coefficient (Wildman–Crippen LogP) is 3.08. The molecule has 0 amide bonds. The van der Waals surface area contributed by atoms with Crippen molar-refractivity contribution in [1.82, 2.24) is 0 Å². The topological polar surface area (TPSA) is 63.3 Å². The third-order valence-corrected chi connectivity index (χ3v) is 3.39. The molecule has 0 saturated carbocycles. The number of carbonyl (C=O) groups is 1. The summed E-state index contributed by atoms with van der Waals surface area (Å²) >= 11 is 0. The fourth-order valence-electron chi connectivity index (χ4n) is 2.51. The highest BCUT2D eigenvalue weighted by Gasteiger charge is 2.19. The summed E-state index contributed by atoms with van der Waals surface area (Å²) in [4.78, 5) is 11.3. The first kappa shape index (κ1) is 11.7. The van der Waals surface area contributed by atoms with E-state index < -0.39 is 12.0 Å². The van der Waals surface area contributed by atoms with Gasteiger partial charge in [0.2, 0.25) is 0 Å². The molecule has 3 nitrogen and oxygen atoms in total. The number of aliphatic carboxylic acids is 1. The SMILES string of the molecule is N[C@@H](C(=O)O)c1c2ccccc2cc2ccccc12. The Bertz CT molecular complexity index is 726. The molecule has 0 bridgehead atoms. The number of fused-ring (bicyclic) bond motifs is 2. The third-order valence-electron chi connectivity index (χ3n) is 3.39. The molecule has 1 atom stereocenters.